The molecule has 1 aliphatic rings. The lowest BCUT2D eigenvalue weighted by Crippen LogP contribution is -2.17. The molecule has 1 aromatic carbocycles. The van der Waals surface area contributed by atoms with Gasteiger partial charge < -0.3 is 14.6 Å². The van der Waals surface area contributed by atoms with Gasteiger partial charge in [0.2, 0.25) is 0 Å². The summed E-state index contributed by atoms with van der Waals surface area (Å²) >= 11 is 0. The number of ether oxygens (including phenoxy) is 2. The van der Waals surface area contributed by atoms with E-state index >= 15 is 0 Å². The normalized spacial score (nSPS) is 16.3. The van der Waals surface area contributed by atoms with Gasteiger partial charge in [0.25, 0.3) is 0 Å². The van der Waals surface area contributed by atoms with Crippen LogP contribution in [0.4, 0.5) is 0 Å². The van der Waals surface area contributed by atoms with Gasteiger partial charge in [-0.2, -0.15) is 0 Å². The van der Waals surface area contributed by atoms with E-state index in [1.165, 1.54) is 0 Å². The summed E-state index contributed by atoms with van der Waals surface area (Å²) in [6, 6.07) is 1.88. The molecule has 1 atom stereocenters. The van der Waals surface area contributed by atoms with E-state index in [9.17, 15) is 5.11 Å². The highest BCUT2D eigenvalue weighted by Crippen LogP contribution is 2.38. The van der Waals surface area contributed by atoms with Gasteiger partial charge in [-0.25, -0.2) is 0 Å². The van der Waals surface area contributed by atoms with Gasteiger partial charge in [0.15, 0.2) is 11.5 Å². The molecule has 1 heterocycles. The average molecular weight is 208 g/mol. The fraction of sp³-hybridized carbons (Fsp3) is 0.500. The minimum Gasteiger partial charge on any atom is -0.486 e. The fourth-order valence-corrected chi connectivity index (χ4v) is 1.90. The molecule has 0 spiro atoms. The predicted molar refractivity (Wildman–Crippen MR) is 57.5 cm³/mol. The van der Waals surface area contributed by atoms with Crippen LogP contribution in [-0.2, 0) is 0 Å². The fourth-order valence-electron chi connectivity index (χ4n) is 1.90. The molecule has 3 nitrogen and oxygen atoms in total. The summed E-state index contributed by atoms with van der Waals surface area (Å²) in [5.74, 6) is 1.57. The number of aliphatic hydroxyl groups is 1. The lowest BCUT2D eigenvalue weighted by atomic mass is 9.98. The van der Waals surface area contributed by atoms with E-state index in [1.807, 2.05) is 19.9 Å². The molecule has 0 radical (unpaired) electrons. The first-order valence-corrected chi connectivity index (χ1v) is 5.19. The van der Waals surface area contributed by atoms with Crippen molar-refractivity contribution >= 4 is 0 Å². The van der Waals surface area contributed by atoms with E-state index in [0.717, 1.165) is 28.2 Å². The second kappa shape index (κ2) is 3.74. The molecule has 0 amide bonds. The highest BCUT2D eigenvalue weighted by molar-refractivity contribution is 5.54. The van der Waals surface area contributed by atoms with Gasteiger partial charge in [-0.05, 0) is 43.5 Å². The Kier molecular flexibility index (Phi) is 2.57. The van der Waals surface area contributed by atoms with E-state index < -0.39 is 6.10 Å². The standard InChI is InChI=1S/C12H16O3/c1-7-8(2)12-11(14-4-5-15-12)6-10(7)9(3)13/h6,9,13H,4-5H2,1-3H3. The Morgan fingerprint density at radius 1 is 1.20 bits per heavy atom. The largest absolute Gasteiger partial charge is 0.486 e. The molecule has 0 bridgehead atoms. The zero-order valence-corrected chi connectivity index (χ0v) is 9.33. The van der Waals surface area contributed by atoms with Crippen LogP contribution in [0.5, 0.6) is 11.5 Å². The van der Waals surface area contributed by atoms with Crippen LogP contribution in [0.2, 0.25) is 0 Å². The molecule has 0 saturated heterocycles. The smallest absolute Gasteiger partial charge is 0.164 e. The van der Waals surface area contributed by atoms with Crippen LogP contribution in [0.3, 0.4) is 0 Å². The number of aliphatic hydroxyl groups excluding tert-OH is 1. The van der Waals surface area contributed by atoms with Crippen molar-refractivity contribution in [2.75, 3.05) is 13.2 Å². The third kappa shape index (κ3) is 1.67. The van der Waals surface area contributed by atoms with Gasteiger partial charge in [0, 0.05) is 0 Å². The summed E-state index contributed by atoms with van der Waals surface area (Å²) in [5, 5.41) is 9.63. The maximum atomic E-state index is 9.63. The van der Waals surface area contributed by atoms with Gasteiger partial charge in [-0.3, -0.25) is 0 Å². The minimum absolute atomic E-state index is 0.473. The second-order valence-corrected chi connectivity index (χ2v) is 3.92. The Morgan fingerprint density at radius 3 is 2.53 bits per heavy atom. The Morgan fingerprint density at radius 2 is 1.87 bits per heavy atom. The maximum Gasteiger partial charge on any atom is 0.164 e. The van der Waals surface area contributed by atoms with Gasteiger partial charge >= 0.3 is 0 Å². The average Bonchev–Trinajstić information content (AvgIpc) is 2.23. The molecule has 1 aromatic rings. The van der Waals surface area contributed by atoms with Crippen LogP contribution in [0, 0.1) is 13.8 Å². The summed E-state index contributed by atoms with van der Waals surface area (Å²) < 4.78 is 11.1. The maximum absolute atomic E-state index is 9.63. The Balaban J connectivity index is 2.57. The third-order valence-electron chi connectivity index (χ3n) is 2.88. The first-order valence-electron chi connectivity index (χ1n) is 5.19. The molecule has 1 N–H and O–H groups in total. The monoisotopic (exact) mass is 208 g/mol. The van der Waals surface area contributed by atoms with Crippen molar-refractivity contribution in [2.24, 2.45) is 0 Å². The van der Waals surface area contributed by atoms with Crippen molar-refractivity contribution in [3.05, 3.63) is 22.8 Å². The van der Waals surface area contributed by atoms with Gasteiger partial charge in [0.05, 0.1) is 6.10 Å². The summed E-state index contributed by atoms with van der Waals surface area (Å²) in [4.78, 5) is 0. The minimum atomic E-state index is -0.473. The van der Waals surface area contributed by atoms with Crippen molar-refractivity contribution in [3.8, 4) is 11.5 Å². The molecule has 15 heavy (non-hydrogen) atoms. The van der Waals surface area contributed by atoms with E-state index in [-0.39, 0.29) is 0 Å². The Hall–Kier alpha value is -1.22. The van der Waals surface area contributed by atoms with Gasteiger partial charge in [-0.15, -0.1) is 0 Å². The highest BCUT2D eigenvalue weighted by Gasteiger charge is 2.19. The van der Waals surface area contributed by atoms with Crippen molar-refractivity contribution < 1.29 is 14.6 Å². The summed E-state index contributed by atoms with van der Waals surface area (Å²) in [5.41, 5.74) is 3.05. The molecule has 3 heteroatoms. The van der Waals surface area contributed by atoms with E-state index in [4.69, 9.17) is 9.47 Å². The zero-order valence-electron chi connectivity index (χ0n) is 9.33. The van der Waals surface area contributed by atoms with Crippen molar-refractivity contribution in [3.63, 3.8) is 0 Å². The van der Waals surface area contributed by atoms with Crippen LogP contribution in [0.1, 0.15) is 29.7 Å². The molecule has 0 saturated carbocycles. The van der Waals surface area contributed by atoms with Gasteiger partial charge in [0.1, 0.15) is 13.2 Å². The van der Waals surface area contributed by atoms with Crippen molar-refractivity contribution in [2.45, 2.75) is 26.9 Å². The molecule has 0 aromatic heterocycles. The van der Waals surface area contributed by atoms with Crippen molar-refractivity contribution in [1.29, 1.82) is 0 Å². The lowest BCUT2D eigenvalue weighted by Gasteiger charge is -2.23. The Bertz CT molecular complexity index is 383. The lowest BCUT2D eigenvalue weighted by molar-refractivity contribution is 0.167. The summed E-state index contributed by atoms with van der Waals surface area (Å²) in [6.07, 6.45) is -0.473. The molecule has 0 aliphatic carbocycles. The van der Waals surface area contributed by atoms with Crippen LogP contribution in [-0.4, -0.2) is 18.3 Å². The number of hydrogen-bond acceptors (Lipinski definition) is 3. The molecular weight excluding hydrogens is 192 g/mol. The number of fused-ring (bicyclic) bond motifs is 1. The predicted octanol–water partition coefficient (Wildman–Crippen LogP) is 2.13. The Labute approximate surface area is 89.6 Å². The summed E-state index contributed by atoms with van der Waals surface area (Å²) in [6.45, 7) is 6.93. The molecule has 1 unspecified atom stereocenters. The zero-order chi connectivity index (χ0) is 11.0. The highest BCUT2D eigenvalue weighted by atomic mass is 16.6. The molecule has 2 rings (SSSR count). The first-order chi connectivity index (χ1) is 7.11. The van der Waals surface area contributed by atoms with Crippen LogP contribution in [0.25, 0.3) is 0 Å². The van der Waals surface area contributed by atoms with Crippen molar-refractivity contribution in [1.82, 2.24) is 0 Å². The second-order valence-electron chi connectivity index (χ2n) is 3.92. The number of benzene rings is 1. The quantitative estimate of drug-likeness (QED) is 0.768. The number of rotatable bonds is 1. The van der Waals surface area contributed by atoms with Gasteiger partial charge in [-0.1, -0.05) is 0 Å². The molecule has 82 valence electrons. The number of hydrogen-bond donors (Lipinski definition) is 1. The van der Waals surface area contributed by atoms with E-state index in [1.54, 1.807) is 6.92 Å². The SMILES string of the molecule is Cc1c(C(C)O)cc2c(c1C)OCCO2. The topological polar surface area (TPSA) is 38.7 Å². The third-order valence-corrected chi connectivity index (χ3v) is 2.88. The summed E-state index contributed by atoms with van der Waals surface area (Å²) in [7, 11) is 0. The van der Waals surface area contributed by atoms with E-state index in [0.29, 0.717) is 13.2 Å². The molecular formula is C12H16O3. The molecule has 1 aliphatic heterocycles. The molecule has 0 fully saturated rings. The first kappa shape index (κ1) is 10.3. The van der Waals surface area contributed by atoms with Crippen LogP contribution in [0.15, 0.2) is 6.07 Å². The van der Waals surface area contributed by atoms with E-state index in [2.05, 4.69) is 0 Å². The van der Waals surface area contributed by atoms with Crippen LogP contribution >= 0.6 is 0 Å². The van der Waals surface area contributed by atoms with Crippen LogP contribution < -0.4 is 9.47 Å².